The molecule has 0 unspecified atom stereocenters. The van der Waals surface area contributed by atoms with Gasteiger partial charge in [-0.2, -0.15) is 0 Å². The Kier molecular flexibility index (Phi) is 5.35. The Morgan fingerprint density at radius 3 is 2.70 bits per heavy atom. The van der Waals surface area contributed by atoms with E-state index in [9.17, 15) is 14.4 Å². The number of imide groups is 1. The van der Waals surface area contributed by atoms with Crippen molar-refractivity contribution < 1.29 is 19.1 Å². The lowest BCUT2D eigenvalue weighted by Gasteiger charge is -2.08. The summed E-state index contributed by atoms with van der Waals surface area (Å²) in [5, 5.41) is 5.35. The lowest BCUT2D eigenvalue weighted by molar-refractivity contribution is -0.123. The molecule has 0 aliphatic heterocycles. The molecule has 7 heteroatoms. The van der Waals surface area contributed by atoms with Gasteiger partial charge in [0.05, 0.1) is 5.56 Å². The van der Waals surface area contributed by atoms with Crippen LogP contribution in [0.25, 0.3) is 10.9 Å². The molecular weight excluding hydrogens is 298 g/mol. The second kappa shape index (κ2) is 7.44. The number of carbonyl (C=O) groups is 3. The normalized spacial score (nSPS) is 10.6. The third kappa shape index (κ3) is 4.57. The van der Waals surface area contributed by atoms with Gasteiger partial charge in [0, 0.05) is 23.6 Å². The fourth-order valence-electron chi connectivity index (χ4n) is 1.95. The third-order valence-electron chi connectivity index (χ3n) is 3.07. The Morgan fingerprint density at radius 2 is 1.96 bits per heavy atom. The van der Waals surface area contributed by atoms with Crippen molar-refractivity contribution in [3.8, 4) is 0 Å². The summed E-state index contributed by atoms with van der Waals surface area (Å²) in [6, 6.07) is 6.65. The van der Waals surface area contributed by atoms with Crippen LogP contribution in [0.1, 0.15) is 24.2 Å². The largest absolute Gasteiger partial charge is 0.452 e. The van der Waals surface area contributed by atoms with E-state index in [0.717, 1.165) is 5.52 Å². The molecule has 0 aliphatic rings. The van der Waals surface area contributed by atoms with Crippen LogP contribution in [0.15, 0.2) is 30.5 Å². The molecule has 0 saturated heterocycles. The third-order valence-corrected chi connectivity index (χ3v) is 3.07. The first kappa shape index (κ1) is 16.5. The number of carbonyl (C=O) groups excluding carboxylic acids is 3. The number of hydrogen-bond donors (Lipinski definition) is 3. The maximum Gasteiger partial charge on any atom is 0.340 e. The highest BCUT2D eigenvalue weighted by Crippen LogP contribution is 2.18. The molecule has 0 bridgehead atoms. The van der Waals surface area contributed by atoms with Gasteiger partial charge in [0.1, 0.15) is 0 Å². The average Bonchev–Trinajstić information content (AvgIpc) is 2.94. The van der Waals surface area contributed by atoms with Gasteiger partial charge in [0.15, 0.2) is 6.61 Å². The minimum atomic E-state index is -0.681. The van der Waals surface area contributed by atoms with Crippen LogP contribution >= 0.6 is 0 Å². The summed E-state index contributed by atoms with van der Waals surface area (Å²) in [4.78, 5) is 37.9. The van der Waals surface area contributed by atoms with Crippen LogP contribution in [0.3, 0.4) is 0 Å². The van der Waals surface area contributed by atoms with Crippen molar-refractivity contribution in [1.82, 2.24) is 15.6 Å². The maximum atomic E-state index is 12.0. The molecule has 0 spiro atoms. The van der Waals surface area contributed by atoms with Crippen molar-refractivity contribution in [2.24, 2.45) is 5.92 Å². The average molecular weight is 317 g/mol. The van der Waals surface area contributed by atoms with Crippen LogP contribution in [0.5, 0.6) is 0 Å². The van der Waals surface area contributed by atoms with E-state index in [-0.39, 0.29) is 5.92 Å². The Labute approximate surface area is 133 Å². The Hall–Kier alpha value is -2.83. The highest BCUT2D eigenvalue weighted by molar-refractivity contribution is 6.05. The molecule has 0 atom stereocenters. The van der Waals surface area contributed by atoms with Crippen LogP contribution in [0.4, 0.5) is 4.79 Å². The Morgan fingerprint density at radius 1 is 1.22 bits per heavy atom. The molecule has 0 fully saturated rings. The number of nitrogens with one attached hydrogen (secondary N) is 3. The molecule has 1 aromatic heterocycles. The second-order valence-electron chi connectivity index (χ2n) is 5.48. The highest BCUT2D eigenvalue weighted by atomic mass is 16.5. The number of amides is 3. The first-order valence-electron chi connectivity index (χ1n) is 7.28. The van der Waals surface area contributed by atoms with Crippen molar-refractivity contribution in [2.75, 3.05) is 13.2 Å². The molecule has 23 heavy (non-hydrogen) atoms. The molecule has 0 saturated carbocycles. The number of benzene rings is 1. The monoisotopic (exact) mass is 317 g/mol. The Balaban J connectivity index is 1.84. The van der Waals surface area contributed by atoms with Gasteiger partial charge in [-0.15, -0.1) is 0 Å². The van der Waals surface area contributed by atoms with Gasteiger partial charge < -0.3 is 15.0 Å². The fourth-order valence-corrected chi connectivity index (χ4v) is 1.95. The van der Waals surface area contributed by atoms with E-state index in [2.05, 4.69) is 15.6 Å². The first-order chi connectivity index (χ1) is 11.0. The zero-order chi connectivity index (χ0) is 16.8. The molecule has 2 rings (SSSR count). The molecule has 1 heterocycles. The number of aromatic nitrogens is 1. The van der Waals surface area contributed by atoms with Crippen molar-refractivity contribution in [3.63, 3.8) is 0 Å². The maximum absolute atomic E-state index is 12.0. The summed E-state index contributed by atoms with van der Waals surface area (Å²) < 4.78 is 4.93. The van der Waals surface area contributed by atoms with Gasteiger partial charge in [-0.1, -0.05) is 32.0 Å². The van der Waals surface area contributed by atoms with Crippen LogP contribution in [-0.4, -0.2) is 36.0 Å². The van der Waals surface area contributed by atoms with E-state index in [4.69, 9.17) is 4.74 Å². The molecule has 122 valence electrons. The fraction of sp³-hybridized carbons (Fsp3) is 0.312. The summed E-state index contributed by atoms with van der Waals surface area (Å²) in [7, 11) is 0. The van der Waals surface area contributed by atoms with Crippen LogP contribution in [-0.2, 0) is 9.53 Å². The van der Waals surface area contributed by atoms with Crippen LogP contribution in [0, 0.1) is 5.92 Å². The number of hydrogen-bond acceptors (Lipinski definition) is 4. The molecular formula is C16H19N3O4. The summed E-state index contributed by atoms with van der Waals surface area (Å²) in [6.45, 7) is 3.80. The van der Waals surface area contributed by atoms with E-state index in [1.807, 2.05) is 26.0 Å². The van der Waals surface area contributed by atoms with Crippen LogP contribution < -0.4 is 10.6 Å². The van der Waals surface area contributed by atoms with Crippen molar-refractivity contribution in [2.45, 2.75) is 13.8 Å². The lowest BCUT2D eigenvalue weighted by Crippen LogP contribution is -2.42. The quantitative estimate of drug-likeness (QED) is 0.732. The molecule has 2 aromatic rings. The number of H-pyrrole nitrogens is 1. The van der Waals surface area contributed by atoms with Crippen molar-refractivity contribution in [3.05, 3.63) is 36.0 Å². The number of ether oxygens (including phenoxy) is 1. The van der Waals surface area contributed by atoms with Gasteiger partial charge in [-0.25, -0.2) is 9.59 Å². The number of urea groups is 1. The molecule has 3 amide bonds. The minimum Gasteiger partial charge on any atom is -0.452 e. The molecule has 7 nitrogen and oxygen atoms in total. The highest BCUT2D eigenvalue weighted by Gasteiger charge is 2.15. The molecule has 3 N–H and O–H groups in total. The number of fused-ring (bicyclic) bond motifs is 1. The summed E-state index contributed by atoms with van der Waals surface area (Å²) >= 11 is 0. The van der Waals surface area contributed by atoms with Crippen molar-refractivity contribution in [1.29, 1.82) is 0 Å². The number of aromatic amines is 1. The zero-order valence-electron chi connectivity index (χ0n) is 13.0. The zero-order valence-corrected chi connectivity index (χ0v) is 13.0. The summed E-state index contributed by atoms with van der Waals surface area (Å²) in [6.07, 6.45) is 1.53. The van der Waals surface area contributed by atoms with Gasteiger partial charge in [-0.3, -0.25) is 10.1 Å². The number of esters is 1. The van der Waals surface area contributed by atoms with E-state index in [1.54, 1.807) is 12.1 Å². The van der Waals surface area contributed by atoms with Gasteiger partial charge in [0.25, 0.3) is 5.91 Å². The number of rotatable bonds is 5. The topological polar surface area (TPSA) is 100 Å². The molecule has 0 radical (unpaired) electrons. The van der Waals surface area contributed by atoms with Crippen molar-refractivity contribution >= 4 is 28.8 Å². The minimum absolute atomic E-state index is 0.274. The molecule has 1 aromatic carbocycles. The van der Waals surface area contributed by atoms with Gasteiger partial charge in [-0.05, 0) is 12.0 Å². The van der Waals surface area contributed by atoms with E-state index in [1.165, 1.54) is 6.20 Å². The smallest absolute Gasteiger partial charge is 0.340 e. The lowest BCUT2D eigenvalue weighted by atomic mass is 10.2. The summed E-state index contributed by atoms with van der Waals surface area (Å²) in [5.74, 6) is -1.03. The van der Waals surface area contributed by atoms with E-state index < -0.39 is 24.5 Å². The SMILES string of the molecule is CC(C)CNC(=O)NC(=O)COC(=O)c1c[nH]c2ccccc12. The van der Waals surface area contributed by atoms with E-state index in [0.29, 0.717) is 17.5 Å². The Bertz CT molecular complexity index is 721. The predicted octanol–water partition coefficient (Wildman–Crippen LogP) is 1.81. The van der Waals surface area contributed by atoms with Gasteiger partial charge >= 0.3 is 12.0 Å². The first-order valence-corrected chi connectivity index (χ1v) is 7.28. The number of para-hydroxylation sites is 1. The van der Waals surface area contributed by atoms with Crippen LogP contribution in [0.2, 0.25) is 0 Å². The van der Waals surface area contributed by atoms with E-state index >= 15 is 0 Å². The van der Waals surface area contributed by atoms with Gasteiger partial charge in [0.2, 0.25) is 0 Å². The predicted molar refractivity (Wildman–Crippen MR) is 85.0 cm³/mol. The summed E-state index contributed by atoms with van der Waals surface area (Å²) in [5.41, 5.74) is 1.15. The standard InChI is InChI=1S/C16H19N3O4/c1-10(2)7-18-16(22)19-14(20)9-23-15(21)12-8-17-13-6-4-3-5-11(12)13/h3-6,8,10,17H,7,9H2,1-2H3,(H2,18,19,20,22). The second-order valence-corrected chi connectivity index (χ2v) is 5.48. The molecule has 0 aliphatic carbocycles.